The molecule has 0 bridgehead atoms. The molecule has 0 aliphatic heterocycles. The van der Waals surface area contributed by atoms with Gasteiger partial charge in [-0.3, -0.25) is 0 Å². The van der Waals surface area contributed by atoms with Gasteiger partial charge in [0.05, 0.1) is 0 Å². The van der Waals surface area contributed by atoms with Gasteiger partial charge in [-0.2, -0.15) is 0 Å². The Morgan fingerprint density at radius 1 is 1.67 bits per heavy atom. The molecule has 0 spiro atoms. The van der Waals surface area contributed by atoms with Crippen molar-refractivity contribution in [3.05, 3.63) is 22.3 Å². The summed E-state index contributed by atoms with van der Waals surface area (Å²) in [6, 6.07) is 0. The first-order chi connectivity index (χ1) is 4.31. The first-order valence-corrected chi connectivity index (χ1v) is 4.45. The van der Waals surface area contributed by atoms with Gasteiger partial charge in [0.2, 0.25) is 0 Å². The van der Waals surface area contributed by atoms with Gasteiger partial charge in [-0.05, 0) is 39.0 Å². The van der Waals surface area contributed by atoms with Crippen LogP contribution in [-0.4, -0.2) is 5.88 Å². The summed E-state index contributed by atoms with van der Waals surface area (Å²) in [6.07, 6.45) is 5.95. The van der Waals surface area contributed by atoms with Gasteiger partial charge in [0, 0.05) is 5.88 Å². The Morgan fingerprint density at radius 3 is 2.78 bits per heavy atom. The van der Waals surface area contributed by atoms with Crippen LogP contribution in [0.3, 0.4) is 0 Å². The Labute approximate surface area is 75.1 Å². The molecule has 0 aromatic heterocycles. The molecule has 0 unspecified atom stereocenters. The van der Waals surface area contributed by atoms with Crippen LogP contribution in [0, 0.1) is 0 Å². The van der Waals surface area contributed by atoms with Gasteiger partial charge in [-0.15, -0.1) is 11.6 Å². The van der Waals surface area contributed by atoms with Crippen molar-refractivity contribution in [2.24, 2.45) is 0 Å². The molecule has 0 saturated carbocycles. The average Bonchev–Trinajstić information content (AvgIpc) is 1.85. The number of alkyl halides is 1. The highest BCUT2D eigenvalue weighted by atomic mass is 127. The van der Waals surface area contributed by atoms with E-state index >= 15 is 0 Å². The quantitative estimate of drug-likeness (QED) is 0.410. The first-order valence-electron chi connectivity index (χ1n) is 2.84. The predicted molar refractivity (Wildman–Crippen MR) is 52.3 cm³/mol. The van der Waals surface area contributed by atoms with Crippen molar-refractivity contribution in [1.82, 2.24) is 0 Å². The Kier molecular flexibility index (Phi) is 6.99. The van der Waals surface area contributed by atoms with Gasteiger partial charge < -0.3 is 0 Å². The molecule has 0 aromatic carbocycles. The van der Waals surface area contributed by atoms with Crippen molar-refractivity contribution < 1.29 is 0 Å². The Bertz CT molecular complexity index is 107. The third kappa shape index (κ3) is 6.38. The maximum Gasteiger partial charge on any atom is 0.0226 e. The van der Waals surface area contributed by atoms with Crippen molar-refractivity contribution in [3.8, 4) is 0 Å². The summed E-state index contributed by atoms with van der Waals surface area (Å²) < 4.78 is 1.32. The van der Waals surface area contributed by atoms with E-state index in [1.807, 2.05) is 6.08 Å². The number of halogens is 2. The molecule has 0 atom stereocenters. The highest BCUT2D eigenvalue weighted by molar-refractivity contribution is 14.1. The van der Waals surface area contributed by atoms with Gasteiger partial charge in [-0.25, -0.2) is 0 Å². The fourth-order valence-corrected chi connectivity index (χ4v) is 1.22. The monoisotopic (exact) mass is 256 g/mol. The summed E-state index contributed by atoms with van der Waals surface area (Å²) >= 11 is 7.79. The van der Waals surface area contributed by atoms with Crippen molar-refractivity contribution >= 4 is 34.2 Å². The maximum atomic E-state index is 5.49. The molecule has 0 aromatic rings. The average molecular weight is 257 g/mol. The van der Waals surface area contributed by atoms with E-state index in [9.17, 15) is 0 Å². The molecular weight excluding hydrogens is 246 g/mol. The van der Waals surface area contributed by atoms with Crippen molar-refractivity contribution in [1.29, 1.82) is 0 Å². The lowest BCUT2D eigenvalue weighted by Gasteiger charge is -1.92. The van der Waals surface area contributed by atoms with E-state index in [1.54, 1.807) is 6.08 Å². The molecule has 0 nitrogen and oxygen atoms in total. The zero-order valence-electron chi connectivity index (χ0n) is 5.24. The standard InChI is InChI=1S/C7H10ClI/c1-2-4-7(9)5-3-6-8/h2,4H,1,3,5-6H2/b7-4-. The maximum absolute atomic E-state index is 5.49. The van der Waals surface area contributed by atoms with E-state index < -0.39 is 0 Å². The smallest absolute Gasteiger partial charge is 0.0226 e. The molecule has 0 heterocycles. The summed E-state index contributed by atoms with van der Waals surface area (Å²) in [7, 11) is 0. The Balaban J connectivity index is 3.36. The van der Waals surface area contributed by atoms with Crippen molar-refractivity contribution in [2.45, 2.75) is 12.8 Å². The predicted octanol–water partition coefficient (Wildman–Crippen LogP) is 3.51. The van der Waals surface area contributed by atoms with E-state index in [0.29, 0.717) is 0 Å². The molecule has 0 radical (unpaired) electrons. The molecule has 0 amide bonds. The van der Waals surface area contributed by atoms with Crippen molar-refractivity contribution in [2.75, 3.05) is 5.88 Å². The molecule has 52 valence electrons. The first kappa shape index (κ1) is 9.50. The minimum atomic E-state index is 0.748. The summed E-state index contributed by atoms with van der Waals surface area (Å²) in [6.45, 7) is 3.59. The normalized spacial score (nSPS) is 11.6. The number of allylic oxidation sites excluding steroid dienone is 3. The van der Waals surface area contributed by atoms with E-state index in [4.69, 9.17) is 11.6 Å². The minimum Gasteiger partial charge on any atom is -0.127 e. The molecule has 0 aliphatic carbocycles. The lowest BCUT2D eigenvalue weighted by Crippen LogP contribution is -1.74. The lowest BCUT2D eigenvalue weighted by atomic mass is 10.3. The van der Waals surface area contributed by atoms with Crippen LogP contribution in [0.5, 0.6) is 0 Å². The summed E-state index contributed by atoms with van der Waals surface area (Å²) in [5, 5.41) is 0. The second kappa shape index (κ2) is 6.62. The fourth-order valence-electron chi connectivity index (χ4n) is 0.447. The highest BCUT2D eigenvalue weighted by Gasteiger charge is 1.87. The molecule has 0 fully saturated rings. The SMILES string of the molecule is C=C/C=C(\I)CCCCl. The van der Waals surface area contributed by atoms with Crippen LogP contribution in [0.1, 0.15) is 12.8 Å². The van der Waals surface area contributed by atoms with E-state index in [2.05, 4.69) is 29.2 Å². The Hall–Kier alpha value is 0.500. The third-order valence-electron chi connectivity index (χ3n) is 0.848. The molecular formula is C7H10ClI. The lowest BCUT2D eigenvalue weighted by molar-refractivity contribution is 0.961. The summed E-state index contributed by atoms with van der Waals surface area (Å²) in [5.41, 5.74) is 0. The van der Waals surface area contributed by atoms with Crippen LogP contribution < -0.4 is 0 Å². The molecule has 0 saturated heterocycles. The summed E-state index contributed by atoms with van der Waals surface area (Å²) in [5.74, 6) is 0.748. The highest BCUT2D eigenvalue weighted by Crippen LogP contribution is 2.13. The third-order valence-corrected chi connectivity index (χ3v) is 2.01. The topological polar surface area (TPSA) is 0 Å². The van der Waals surface area contributed by atoms with Crippen LogP contribution >= 0.6 is 34.2 Å². The van der Waals surface area contributed by atoms with Crippen LogP contribution in [0.4, 0.5) is 0 Å². The van der Waals surface area contributed by atoms with Crippen LogP contribution in [0.25, 0.3) is 0 Å². The summed E-state index contributed by atoms with van der Waals surface area (Å²) in [4.78, 5) is 0. The zero-order valence-corrected chi connectivity index (χ0v) is 8.15. The molecule has 0 N–H and O–H groups in total. The van der Waals surface area contributed by atoms with Crippen LogP contribution in [-0.2, 0) is 0 Å². The van der Waals surface area contributed by atoms with Gasteiger partial charge in [0.25, 0.3) is 0 Å². The number of rotatable bonds is 4. The molecule has 9 heavy (non-hydrogen) atoms. The van der Waals surface area contributed by atoms with Crippen molar-refractivity contribution in [3.63, 3.8) is 0 Å². The minimum absolute atomic E-state index is 0.748. The molecule has 0 rings (SSSR count). The van der Waals surface area contributed by atoms with Gasteiger partial charge in [0.1, 0.15) is 0 Å². The molecule has 2 heteroatoms. The number of hydrogen-bond donors (Lipinski definition) is 0. The van der Waals surface area contributed by atoms with Crippen LogP contribution in [0.2, 0.25) is 0 Å². The van der Waals surface area contributed by atoms with Gasteiger partial charge >= 0.3 is 0 Å². The van der Waals surface area contributed by atoms with Gasteiger partial charge in [0.15, 0.2) is 0 Å². The van der Waals surface area contributed by atoms with E-state index in [0.717, 1.165) is 18.7 Å². The van der Waals surface area contributed by atoms with Gasteiger partial charge in [-0.1, -0.05) is 18.7 Å². The largest absolute Gasteiger partial charge is 0.127 e. The zero-order chi connectivity index (χ0) is 7.11. The van der Waals surface area contributed by atoms with Crippen LogP contribution in [0.15, 0.2) is 22.3 Å². The molecule has 0 aliphatic rings. The Morgan fingerprint density at radius 2 is 2.33 bits per heavy atom. The van der Waals surface area contributed by atoms with E-state index in [-0.39, 0.29) is 0 Å². The fraction of sp³-hybridized carbons (Fsp3) is 0.429. The number of hydrogen-bond acceptors (Lipinski definition) is 0. The second-order valence-electron chi connectivity index (χ2n) is 1.64. The second-order valence-corrected chi connectivity index (χ2v) is 3.41. The van der Waals surface area contributed by atoms with E-state index in [1.165, 1.54) is 3.58 Å².